The third kappa shape index (κ3) is 6.59. The van der Waals surface area contributed by atoms with Gasteiger partial charge in [-0.2, -0.15) is 35.1 Å². The summed E-state index contributed by atoms with van der Waals surface area (Å²) in [5.74, 6) is -8.76. The molecule has 1 unspecified atom stereocenters. The Labute approximate surface area is 255 Å². The molecule has 1 atom stereocenters. The fourth-order valence-electron chi connectivity index (χ4n) is 3.58. The summed E-state index contributed by atoms with van der Waals surface area (Å²) < 4.78 is 137. The highest BCUT2D eigenvalue weighted by molar-refractivity contribution is 14.1. The lowest BCUT2D eigenvalue weighted by atomic mass is 9.89. The number of nitrogens with one attached hydrogen (secondary N) is 2. The van der Waals surface area contributed by atoms with Crippen LogP contribution >= 0.6 is 45.8 Å². The van der Waals surface area contributed by atoms with Gasteiger partial charge >= 0.3 is 18.3 Å². The van der Waals surface area contributed by atoms with E-state index < -0.39 is 61.6 Å². The number of carbonyl (C=O) groups is 1. The summed E-state index contributed by atoms with van der Waals surface area (Å²) in [6.07, 6.45) is -11.9. The first kappa shape index (κ1) is 33.8. The maximum atomic E-state index is 15.3. The molecular formula is C26H15Cl2F10IN2O. The van der Waals surface area contributed by atoms with Crippen molar-refractivity contribution in [2.75, 3.05) is 10.6 Å². The van der Waals surface area contributed by atoms with E-state index in [4.69, 9.17) is 23.2 Å². The van der Waals surface area contributed by atoms with E-state index in [1.807, 2.05) is 0 Å². The van der Waals surface area contributed by atoms with E-state index in [2.05, 4.69) is 11.9 Å². The summed E-state index contributed by atoms with van der Waals surface area (Å²) in [6, 6.07) is 7.63. The Morgan fingerprint density at radius 2 is 1.50 bits per heavy atom. The molecule has 0 saturated carbocycles. The predicted octanol–water partition coefficient (Wildman–Crippen LogP) is 10.5. The monoisotopic (exact) mass is 758 g/mol. The molecule has 0 aliphatic rings. The molecule has 3 nitrogen and oxygen atoms in total. The quantitative estimate of drug-likeness (QED) is 0.186. The van der Waals surface area contributed by atoms with Gasteiger partial charge < -0.3 is 10.6 Å². The summed E-state index contributed by atoms with van der Waals surface area (Å²) in [4.78, 5) is 12.9. The largest absolute Gasteiger partial charge is 0.457 e. The van der Waals surface area contributed by atoms with Crippen molar-refractivity contribution in [1.29, 1.82) is 0 Å². The second kappa shape index (κ2) is 11.8. The van der Waals surface area contributed by atoms with Gasteiger partial charge in [-0.25, -0.2) is 8.78 Å². The zero-order valence-corrected chi connectivity index (χ0v) is 24.3. The van der Waals surface area contributed by atoms with Crippen LogP contribution in [0.25, 0.3) is 5.70 Å². The van der Waals surface area contributed by atoms with Crippen LogP contribution < -0.4 is 10.6 Å². The summed E-state index contributed by atoms with van der Waals surface area (Å²) in [7, 11) is 0. The van der Waals surface area contributed by atoms with Crippen molar-refractivity contribution in [2.45, 2.75) is 30.9 Å². The lowest BCUT2D eigenvalue weighted by Gasteiger charge is -2.32. The van der Waals surface area contributed by atoms with E-state index in [1.54, 1.807) is 5.32 Å². The Morgan fingerprint density at radius 3 is 2.05 bits per heavy atom. The van der Waals surface area contributed by atoms with Gasteiger partial charge in [0.25, 0.3) is 5.91 Å². The molecule has 2 N–H and O–H groups in total. The minimum atomic E-state index is -6.44. The lowest BCUT2D eigenvalue weighted by molar-refractivity contribution is -0.327. The molecule has 0 aromatic heterocycles. The van der Waals surface area contributed by atoms with Crippen LogP contribution in [0.3, 0.4) is 0 Å². The third-order valence-corrected chi connectivity index (χ3v) is 7.51. The number of anilines is 2. The summed E-state index contributed by atoms with van der Waals surface area (Å²) in [6.45, 7) is 3.51. The summed E-state index contributed by atoms with van der Waals surface area (Å²) >= 11 is 12.9. The molecule has 16 heteroatoms. The SMILES string of the molecule is C=C(Nc1cccc(C(=O)Nc2c(I)cc(C(C)(F)C(F)(F)C(F)(F)F)cc2C(F)(F)F)c1F)c1ccc(Cl)c(Cl)c1. The first-order chi connectivity index (χ1) is 19.1. The number of hydrogen-bond donors (Lipinski definition) is 2. The third-order valence-electron chi connectivity index (χ3n) is 5.92. The van der Waals surface area contributed by atoms with E-state index in [0.717, 1.165) is 28.7 Å². The van der Waals surface area contributed by atoms with Crippen molar-refractivity contribution in [1.82, 2.24) is 0 Å². The molecule has 3 aromatic rings. The number of hydrogen-bond acceptors (Lipinski definition) is 2. The summed E-state index contributed by atoms with van der Waals surface area (Å²) in [5, 5.41) is 4.77. The molecule has 0 aliphatic carbocycles. The second-order valence-corrected chi connectivity index (χ2v) is 10.8. The molecule has 0 bridgehead atoms. The zero-order chi connectivity index (χ0) is 32.0. The average Bonchev–Trinajstić information content (AvgIpc) is 2.86. The molecule has 1 amide bonds. The van der Waals surface area contributed by atoms with Crippen LogP contribution in [-0.4, -0.2) is 18.0 Å². The van der Waals surface area contributed by atoms with Gasteiger partial charge in [0.1, 0.15) is 0 Å². The van der Waals surface area contributed by atoms with Crippen molar-refractivity contribution >= 4 is 68.8 Å². The molecular weight excluding hydrogens is 744 g/mol. The van der Waals surface area contributed by atoms with Crippen molar-refractivity contribution in [3.63, 3.8) is 0 Å². The average molecular weight is 759 g/mol. The van der Waals surface area contributed by atoms with Crippen LogP contribution in [0.15, 0.2) is 55.1 Å². The van der Waals surface area contributed by atoms with Crippen LogP contribution in [0.1, 0.15) is 34.0 Å². The molecule has 226 valence electrons. The summed E-state index contributed by atoms with van der Waals surface area (Å²) in [5.41, 5.74) is -9.99. The van der Waals surface area contributed by atoms with Gasteiger partial charge in [0.15, 0.2) is 5.82 Å². The minimum absolute atomic E-state index is 0.0967. The molecule has 42 heavy (non-hydrogen) atoms. The molecule has 0 saturated heterocycles. The lowest BCUT2D eigenvalue weighted by Crippen LogP contribution is -2.50. The van der Waals surface area contributed by atoms with Gasteiger partial charge in [-0.05, 0) is 77.0 Å². The van der Waals surface area contributed by atoms with Gasteiger partial charge in [-0.1, -0.05) is 41.9 Å². The second-order valence-electron chi connectivity index (χ2n) is 8.81. The van der Waals surface area contributed by atoms with E-state index in [9.17, 15) is 44.3 Å². The standard InChI is InChI=1S/C26H15Cl2F10IN2O/c1-11(12-6-7-16(27)17(28)8-12)40-19-5-3-4-14(20(19)29)22(42)41-21-15(24(31,32)33)9-13(10-18(21)39)23(2,30)25(34,35)26(36,37)38/h3-10,40H,1H2,2H3,(H,41,42). The first-order valence-corrected chi connectivity index (χ1v) is 13.0. The van der Waals surface area contributed by atoms with E-state index in [1.165, 1.54) is 30.3 Å². The maximum Gasteiger partial charge on any atom is 0.457 e. The molecule has 0 radical (unpaired) electrons. The minimum Gasteiger partial charge on any atom is -0.353 e. The van der Waals surface area contributed by atoms with Crippen molar-refractivity contribution in [2.24, 2.45) is 0 Å². The molecule has 0 aliphatic heterocycles. The number of halogens is 13. The Hall–Kier alpha value is -2.72. The molecule has 0 fully saturated rings. The smallest absolute Gasteiger partial charge is 0.353 e. The number of alkyl halides is 9. The molecule has 0 spiro atoms. The Bertz CT molecular complexity index is 1560. The van der Waals surface area contributed by atoms with Crippen molar-refractivity contribution in [3.05, 3.63) is 96.8 Å². The van der Waals surface area contributed by atoms with Crippen LogP contribution in [0.4, 0.5) is 55.3 Å². The van der Waals surface area contributed by atoms with Crippen LogP contribution in [0.5, 0.6) is 0 Å². The normalized spacial score (nSPS) is 13.9. The number of carbonyl (C=O) groups excluding carboxylic acids is 1. The zero-order valence-electron chi connectivity index (χ0n) is 20.6. The Kier molecular flexibility index (Phi) is 9.45. The van der Waals surface area contributed by atoms with Gasteiger partial charge in [0, 0.05) is 9.27 Å². The van der Waals surface area contributed by atoms with Crippen LogP contribution in [0.2, 0.25) is 10.0 Å². The highest BCUT2D eigenvalue weighted by Gasteiger charge is 2.70. The fourth-order valence-corrected chi connectivity index (χ4v) is 4.64. The highest BCUT2D eigenvalue weighted by Crippen LogP contribution is 2.52. The number of rotatable bonds is 7. The number of amides is 1. The van der Waals surface area contributed by atoms with Crippen LogP contribution in [-0.2, 0) is 11.8 Å². The number of benzene rings is 3. The molecule has 3 rings (SSSR count). The van der Waals surface area contributed by atoms with E-state index in [-0.39, 0.29) is 34.4 Å². The van der Waals surface area contributed by atoms with Crippen molar-refractivity contribution < 1.29 is 48.7 Å². The Morgan fingerprint density at radius 1 is 0.881 bits per heavy atom. The van der Waals surface area contributed by atoms with E-state index >= 15 is 4.39 Å². The topological polar surface area (TPSA) is 41.1 Å². The van der Waals surface area contributed by atoms with Gasteiger partial charge in [-0.15, -0.1) is 0 Å². The first-order valence-electron chi connectivity index (χ1n) is 11.2. The van der Waals surface area contributed by atoms with Gasteiger partial charge in [0.05, 0.1) is 32.5 Å². The maximum absolute atomic E-state index is 15.3. The van der Waals surface area contributed by atoms with Crippen LogP contribution in [0, 0.1) is 9.39 Å². The molecule has 3 aromatic carbocycles. The highest BCUT2D eigenvalue weighted by atomic mass is 127. The Balaban J connectivity index is 2.00. The predicted molar refractivity (Wildman–Crippen MR) is 147 cm³/mol. The molecule has 0 heterocycles. The van der Waals surface area contributed by atoms with Gasteiger partial charge in [-0.3, -0.25) is 4.79 Å². The van der Waals surface area contributed by atoms with E-state index in [0.29, 0.717) is 11.6 Å². The fraction of sp³-hybridized carbons (Fsp3) is 0.192. The van der Waals surface area contributed by atoms with Gasteiger partial charge in [0.2, 0.25) is 5.67 Å². The van der Waals surface area contributed by atoms with Crippen molar-refractivity contribution in [3.8, 4) is 0 Å².